The largest absolute Gasteiger partial charge is 0.339 e. The van der Waals surface area contributed by atoms with Crippen LogP contribution in [0.15, 0.2) is 41.3 Å². The van der Waals surface area contributed by atoms with E-state index in [4.69, 9.17) is 0 Å². The van der Waals surface area contributed by atoms with Gasteiger partial charge in [-0.2, -0.15) is 0 Å². The number of benzene rings is 1. The van der Waals surface area contributed by atoms with Gasteiger partial charge in [-0.3, -0.25) is 13.9 Å². The van der Waals surface area contributed by atoms with Gasteiger partial charge < -0.3 is 4.90 Å². The van der Waals surface area contributed by atoms with Gasteiger partial charge in [-0.1, -0.05) is 17.2 Å². The van der Waals surface area contributed by atoms with Crippen molar-refractivity contribution in [1.82, 2.24) is 19.0 Å². The summed E-state index contributed by atoms with van der Waals surface area (Å²) in [6, 6.07) is 9.78. The summed E-state index contributed by atoms with van der Waals surface area (Å²) in [5.74, 6) is 0.475. The number of piperidine rings is 1. The molecule has 1 saturated heterocycles. The Kier molecular flexibility index (Phi) is 4.79. The summed E-state index contributed by atoms with van der Waals surface area (Å²) in [7, 11) is 1.79. The molecule has 3 heterocycles. The van der Waals surface area contributed by atoms with Gasteiger partial charge in [0.15, 0.2) is 5.65 Å². The van der Waals surface area contributed by atoms with Crippen molar-refractivity contribution in [3.05, 3.63) is 63.7 Å². The average molecular weight is 378 g/mol. The number of hydrogen-bond acceptors (Lipinski definition) is 3. The summed E-state index contributed by atoms with van der Waals surface area (Å²) in [5.41, 5.74) is 4.56. The second-order valence-electron chi connectivity index (χ2n) is 7.91. The molecule has 1 amide bonds. The van der Waals surface area contributed by atoms with Crippen LogP contribution in [0.4, 0.5) is 0 Å². The standard InChI is InChI=1S/C22H26N4O2/c1-15-11-16(2)13-18(12-15)21(27)25-9-6-17(7-10-25)14-26-20-19(5-4-8-23-20)24(3)22(26)28/h4-5,8,11-13,17H,6-7,9-10,14H2,1-3H3. The second-order valence-corrected chi connectivity index (χ2v) is 7.91. The number of fused-ring (bicyclic) bond motifs is 1. The maximum atomic E-state index is 12.9. The summed E-state index contributed by atoms with van der Waals surface area (Å²) in [5, 5.41) is 0. The molecule has 0 saturated carbocycles. The number of rotatable bonds is 3. The number of nitrogens with zero attached hydrogens (tertiary/aromatic N) is 4. The maximum Gasteiger partial charge on any atom is 0.330 e. The number of carbonyl (C=O) groups excluding carboxylic acids is 1. The van der Waals surface area contributed by atoms with Crippen molar-refractivity contribution in [1.29, 1.82) is 0 Å². The van der Waals surface area contributed by atoms with Crippen LogP contribution in [0.5, 0.6) is 0 Å². The number of imidazole rings is 1. The van der Waals surface area contributed by atoms with Crippen LogP contribution in [-0.4, -0.2) is 38.0 Å². The molecule has 3 aromatic rings. The highest BCUT2D eigenvalue weighted by atomic mass is 16.2. The van der Waals surface area contributed by atoms with Crippen LogP contribution in [0.2, 0.25) is 0 Å². The third-order valence-electron chi connectivity index (χ3n) is 5.71. The summed E-state index contributed by atoms with van der Waals surface area (Å²) in [6.45, 7) is 6.14. The summed E-state index contributed by atoms with van der Waals surface area (Å²) >= 11 is 0. The number of amides is 1. The van der Waals surface area contributed by atoms with Gasteiger partial charge >= 0.3 is 5.69 Å². The molecule has 0 bridgehead atoms. The van der Waals surface area contributed by atoms with Crippen LogP contribution < -0.4 is 5.69 Å². The predicted molar refractivity (Wildman–Crippen MR) is 110 cm³/mol. The molecule has 1 aliphatic heterocycles. The van der Waals surface area contributed by atoms with E-state index in [1.165, 1.54) is 0 Å². The molecule has 0 atom stereocenters. The number of aryl methyl sites for hydroxylation is 3. The molecule has 0 radical (unpaired) electrons. The predicted octanol–water partition coefficient (Wildman–Crippen LogP) is 2.90. The quantitative estimate of drug-likeness (QED) is 0.704. The first-order valence-corrected chi connectivity index (χ1v) is 9.82. The maximum absolute atomic E-state index is 12.9. The molecule has 6 heteroatoms. The Bertz CT molecular complexity index is 1070. The Morgan fingerprint density at radius 1 is 1.14 bits per heavy atom. The minimum atomic E-state index is -0.0255. The van der Waals surface area contributed by atoms with Crippen LogP contribution in [0.25, 0.3) is 11.2 Å². The lowest BCUT2D eigenvalue weighted by atomic mass is 9.96. The zero-order valence-corrected chi connectivity index (χ0v) is 16.7. The van der Waals surface area contributed by atoms with Crippen molar-refractivity contribution in [2.45, 2.75) is 33.2 Å². The van der Waals surface area contributed by atoms with E-state index in [9.17, 15) is 9.59 Å². The Hall–Kier alpha value is -2.89. The first-order valence-electron chi connectivity index (χ1n) is 9.82. The van der Waals surface area contributed by atoms with Crippen LogP contribution in [0.1, 0.15) is 34.3 Å². The SMILES string of the molecule is Cc1cc(C)cc(C(=O)N2CCC(Cn3c(=O)n(C)c4cccnc43)CC2)c1. The molecule has 1 aliphatic rings. The van der Waals surface area contributed by atoms with Crippen LogP contribution >= 0.6 is 0 Å². The van der Waals surface area contributed by atoms with E-state index < -0.39 is 0 Å². The van der Waals surface area contributed by atoms with E-state index in [0.717, 1.165) is 53.8 Å². The Balaban J connectivity index is 1.46. The monoisotopic (exact) mass is 378 g/mol. The van der Waals surface area contributed by atoms with Gasteiger partial charge in [0.2, 0.25) is 0 Å². The fraction of sp³-hybridized carbons (Fsp3) is 0.409. The van der Waals surface area contributed by atoms with Gasteiger partial charge in [-0.25, -0.2) is 9.78 Å². The highest BCUT2D eigenvalue weighted by Gasteiger charge is 2.25. The molecular formula is C22H26N4O2. The first kappa shape index (κ1) is 18.5. The molecule has 0 N–H and O–H groups in total. The van der Waals surface area contributed by atoms with Crippen LogP contribution in [-0.2, 0) is 13.6 Å². The number of likely N-dealkylation sites (tertiary alicyclic amines) is 1. The van der Waals surface area contributed by atoms with Gasteiger partial charge in [0.1, 0.15) is 0 Å². The third-order valence-corrected chi connectivity index (χ3v) is 5.71. The van der Waals surface area contributed by atoms with Crippen LogP contribution in [0.3, 0.4) is 0 Å². The molecule has 2 aromatic heterocycles. The lowest BCUT2D eigenvalue weighted by Gasteiger charge is -2.32. The van der Waals surface area contributed by atoms with E-state index >= 15 is 0 Å². The third kappa shape index (κ3) is 3.35. The zero-order chi connectivity index (χ0) is 19.8. The second kappa shape index (κ2) is 7.26. The molecule has 0 aliphatic carbocycles. The minimum Gasteiger partial charge on any atom is -0.339 e. The number of aromatic nitrogens is 3. The molecule has 0 spiro atoms. The number of pyridine rings is 1. The molecule has 146 valence electrons. The van der Waals surface area contributed by atoms with E-state index in [2.05, 4.69) is 11.1 Å². The Morgan fingerprint density at radius 2 is 1.82 bits per heavy atom. The molecule has 6 nitrogen and oxygen atoms in total. The number of hydrogen-bond donors (Lipinski definition) is 0. The topological polar surface area (TPSA) is 60.1 Å². The van der Waals surface area contributed by atoms with Gasteiger partial charge in [-0.15, -0.1) is 0 Å². The van der Waals surface area contributed by atoms with E-state index in [-0.39, 0.29) is 11.6 Å². The average Bonchev–Trinajstić information content (AvgIpc) is 2.92. The van der Waals surface area contributed by atoms with E-state index in [0.29, 0.717) is 12.5 Å². The van der Waals surface area contributed by atoms with Crippen molar-refractivity contribution in [2.24, 2.45) is 13.0 Å². The fourth-order valence-electron chi connectivity index (χ4n) is 4.26. The van der Waals surface area contributed by atoms with Gasteiger partial charge in [0.25, 0.3) is 5.91 Å². The fourth-order valence-corrected chi connectivity index (χ4v) is 4.26. The molecule has 28 heavy (non-hydrogen) atoms. The van der Waals surface area contributed by atoms with E-state index in [1.807, 2.05) is 43.0 Å². The normalized spacial score (nSPS) is 15.3. The molecule has 1 fully saturated rings. The van der Waals surface area contributed by atoms with Crippen molar-refractivity contribution in [2.75, 3.05) is 13.1 Å². The van der Waals surface area contributed by atoms with Crippen molar-refractivity contribution < 1.29 is 4.79 Å². The lowest BCUT2D eigenvalue weighted by Crippen LogP contribution is -2.40. The zero-order valence-electron chi connectivity index (χ0n) is 16.7. The highest BCUT2D eigenvalue weighted by Crippen LogP contribution is 2.22. The van der Waals surface area contributed by atoms with Crippen LogP contribution in [0, 0.1) is 19.8 Å². The smallest absolute Gasteiger partial charge is 0.330 e. The molecule has 0 unspecified atom stereocenters. The van der Waals surface area contributed by atoms with Crippen molar-refractivity contribution >= 4 is 17.1 Å². The highest BCUT2D eigenvalue weighted by molar-refractivity contribution is 5.94. The summed E-state index contributed by atoms with van der Waals surface area (Å²) in [4.78, 5) is 31.8. The summed E-state index contributed by atoms with van der Waals surface area (Å²) < 4.78 is 3.43. The van der Waals surface area contributed by atoms with Gasteiger partial charge in [0, 0.05) is 38.4 Å². The summed E-state index contributed by atoms with van der Waals surface area (Å²) in [6.07, 6.45) is 3.52. The minimum absolute atomic E-state index is 0.0255. The van der Waals surface area contributed by atoms with Gasteiger partial charge in [0.05, 0.1) is 5.52 Å². The molecule has 1 aromatic carbocycles. The first-order chi connectivity index (χ1) is 13.4. The van der Waals surface area contributed by atoms with Gasteiger partial charge in [-0.05, 0) is 56.9 Å². The Labute approximate surface area is 164 Å². The molecule has 4 rings (SSSR count). The molecular weight excluding hydrogens is 352 g/mol. The Morgan fingerprint density at radius 3 is 2.50 bits per heavy atom. The van der Waals surface area contributed by atoms with E-state index in [1.54, 1.807) is 22.4 Å². The van der Waals surface area contributed by atoms with Crippen molar-refractivity contribution in [3.8, 4) is 0 Å². The van der Waals surface area contributed by atoms with Crippen molar-refractivity contribution in [3.63, 3.8) is 0 Å². The lowest BCUT2D eigenvalue weighted by molar-refractivity contribution is 0.0682. The number of carbonyl (C=O) groups is 1.